The molecule has 16 heavy (non-hydrogen) atoms. The Morgan fingerprint density at radius 1 is 1.56 bits per heavy atom. The van der Waals surface area contributed by atoms with Crippen molar-refractivity contribution < 1.29 is 19.2 Å². The molecular formula is C11H13NO4. The third-order valence-corrected chi connectivity index (χ3v) is 1.97. The molecule has 0 aromatic heterocycles. The first-order valence-electron chi connectivity index (χ1n) is 4.88. The average molecular weight is 223 g/mol. The summed E-state index contributed by atoms with van der Waals surface area (Å²) in [6.45, 7) is 3.95. The summed E-state index contributed by atoms with van der Waals surface area (Å²) in [5, 5.41) is 0.948. The molecule has 1 aliphatic rings. The van der Waals surface area contributed by atoms with Gasteiger partial charge in [-0.25, -0.2) is 4.79 Å². The van der Waals surface area contributed by atoms with Crippen LogP contribution in [-0.4, -0.2) is 30.2 Å². The maximum Gasteiger partial charge on any atom is 0.335 e. The van der Waals surface area contributed by atoms with Gasteiger partial charge in [-0.3, -0.25) is 4.79 Å². The van der Waals surface area contributed by atoms with Gasteiger partial charge in [-0.1, -0.05) is 12.5 Å². The lowest BCUT2D eigenvalue weighted by molar-refractivity contribution is -0.187. The summed E-state index contributed by atoms with van der Waals surface area (Å²) in [6, 6.07) is 0. The third kappa shape index (κ3) is 3.41. The fourth-order valence-corrected chi connectivity index (χ4v) is 1.18. The summed E-state index contributed by atoms with van der Waals surface area (Å²) < 4.78 is 4.91. The normalized spacial score (nSPS) is 15.1. The van der Waals surface area contributed by atoms with Crippen molar-refractivity contribution in [2.45, 2.75) is 19.3 Å². The summed E-state index contributed by atoms with van der Waals surface area (Å²) in [6.07, 6.45) is 5.87. The Labute approximate surface area is 94.0 Å². The lowest BCUT2D eigenvalue weighted by Crippen LogP contribution is -2.27. The van der Waals surface area contributed by atoms with Crippen LogP contribution < -0.4 is 0 Å². The predicted octanol–water partition coefficient (Wildman–Crippen LogP) is 0.621. The van der Waals surface area contributed by atoms with Crippen LogP contribution in [-0.2, 0) is 19.2 Å². The number of carbonyl (C=O) groups is 2. The second-order valence-corrected chi connectivity index (χ2v) is 3.22. The van der Waals surface area contributed by atoms with Crippen molar-refractivity contribution >= 4 is 11.9 Å². The molecule has 1 heterocycles. The van der Waals surface area contributed by atoms with Crippen molar-refractivity contribution in [2.24, 2.45) is 0 Å². The Morgan fingerprint density at radius 2 is 2.31 bits per heavy atom. The molecule has 1 fully saturated rings. The fraction of sp³-hybridized carbons (Fsp3) is 0.455. The number of amides is 1. The van der Waals surface area contributed by atoms with Gasteiger partial charge in [0.15, 0.2) is 0 Å². The van der Waals surface area contributed by atoms with Crippen LogP contribution in [0.5, 0.6) is 0 Å². The number of carbonyl (C=O) groups excluding carboxylic acids is 2. The SMILES string of the molecule is C#CCOCCC(=O)ON1C(=C)CCC1=O. The Bertz CT molecular complexity index is 326. The number of allylic oxidation sites excluding steroid dienone is 1. The molecule has 0 saturated carbocycles. The van der Waals surface area contributed by atoms with E-state index in [0.29, 0.717) is 18.5 Å². The van der Waals surface area contributed by atoms with Gasteiger partial charge in [0.2, 0.25) is 0 Å². The van der Waals surface area contributed by atoms with Crippen molar-refractivity contribution in [1.29, 1.82) is 0 Å². The molecule has 5 heteroatoms. The Hall–Kier alpha value is -1.80. The minimum absolute atomic E-state index is 0.0543. The minimum atomic E-state index is -0.534. The molecule has 0 aliphatic carbocycles. The van der Waals surface area contributed by atoms with Crippen molar-refractivity contribution in [3.8, 4) is 12.3 Å². The maximum absolute atomic E-state index is 11.3. The van der Waals surface area contributed by atoms with Crippen molar-refractivity contribution in [3.05, 3.63) is 12.3 Å². The second-order valence-electron chi connectivity index (χ2n) is 3.22. The fourth-order valence-electron chi connectivity index (χ4n) is 1.18. The standard InChI is InChI=1S/C11H13NO4/c1-3-7-15-8-6-11(14)16-12-9(2)4-5-10(12)13/h1H,2,4-8H2. The highest BCUT2D eigenvalue weighted by atomic mass is 16.7. The van der Waals surface area contributed by atoms with Crippen LogP contribution in [0.3, 0.4) is 0 Å². The molecule has 1 aliphatic heterocycles. The van der Waals surface area contributed by atoms with Gasteiger partial charge in [0.1, 0.15) is 6.61 Å². The second kappa shape index (κ2) is 5.93. The molecule has 0 spiro atoms. The first-order valence-corrected chi connectivity index (χ1v) is 4.88. The molecule has 1 rings (SSSR count). The molecule has 0 N–H and O–H groups in total. The molecule has 0 unspecified atom stereocenters. The van der Waals surface area contributed by atoms with Gasteiger partial charge in [0.25, 0.3) is 5.91 Å². The van der Waals surface area contributed by atoms with E-state index in [1.165, 1.54) is 0 Å². The number of ether oxygens (including phenoxy) is 1. The summed E-state index contributed by atoms with van der Waals surface area (Å²) >= 11 is 0. The molecule has 0 bridgehead atoms. The smallest absolute Gasteiger partial charge is 0.335 e. The van der Waals surface area contributed by atoms with Crippen LogP contribution in [0.4, 0.5) is 0 Å². The topological polar surface area (TPSA) is 55.8 Å². The van der Waals surface area contributed by atoms with Gasteiger partial charge in [0.05, 0.1) is 18.7 Å². The van der Waals surface area contributed by atoms with Crippen molar-refractivity contribution in [3.63, 3.8) is 0 Å². The van der Waals surface area contributed by atoms with Gasteiger partial charge in [-0.15, -0.1) is 11.5 Å². The molecule has 1 amide bonds. The molecule has 86 valence electrons. The van der Waals surface area contributed by atoms with Crippen molar-refractivity contribution in [2.75, 3.05) is 13.2 Å². The van der Waals surface area contributed by atoms with E-state index in [1.807, 2.05) is 0 Å². The first kappa shape index (κ1) is 12.3. The van der Waals surface area contributed by atoms with Gasteiger partial charge >= 0.3 is 5.97 Å². The Balaban J connectivity index is 2.26. The van der Waals surface area contributed by atoms with E-state index in [0.717, 1.165) is 5.06 Å². The van der Waals surface area contributed by atoms with Crippen LogP contribution in [0.25, 0.3) is 0 Å². The van der Waals surface area contributed by atoms with E-state index in [1.54, 1.807) is 0 Å². The highest BCUT2D eigenvalue weighted by molar-refractivity contribution is 5.82. The van der Waals surface area contributed by atoms with Crippen LogP contribution in [0.15, 0.2) is 12.3 Å². The van der Waals surface area contributed by atoms with Gasteiger partial charge < -0.3 is 9.57 Å². The zero-order chi connectivity index (χ0) is 12.0. The van der Waals surface area contributed by atoms with Gasteiger partial charge in [-0.05, 0) is 6.42 Å². The Kier molecular flexibility index (Phi) is 4.55. The van der Waals surface area contributed by atoms with Crippen molar-refractivity contribution in [1.82, 2.24) is 5.06 Å². The zero-order valence-corrected chi connectivity index (χ0v) is 8.90. The summed E-state index contributed by atoms with van der Waals surface area (Å²) in [7, 11) is 0. The highest BCUT2D eigenvalue weighted by Crippen LogP contribution is 2.20. The predicted molar refractivity (Wildman–Crippen MR) is 55.6 cm³/mol. The molecule has 0 atom stereocenters. The summed E-state index contributed by atoms with van der Waals surface area (Å²) in [5.41, 5.74) is 0.503. The monoisotopic (exact) mass is 223 g/mol. The average Bonchev–Trinajstić information content (AvgIpc) is 2.56. The van der Waals surface area contributed by atoms with Crippen LogP contribution in [0, 0.1) is 12.3 Å². The van der Waals surface area contributed by atoms with Gasteiger partial charge in [-0.2, -0.15) is 0 Å². The summed E-state index contributed by atoms with van der Waals surface area (Å²) in [4.78, 5) is 27.3. The molecule has 0 aromatic rings. The van der Waals surface area contributed by atoms with E-state index < -0.39 is 5.97 Å². The molecule has 5 nitrogen and oxygen atoms in total. The number of nitrogens with zero attached hydrogens (tertiary/aromatic N) is 1. The van der Waals surface area contributed by atoms with Crippen LogP contribution in [0.1, 0.15) is 19.3 Å². The number of hydrogen-bond acceptors (Lipinski definition) is 4. The minimum Gasteiger partial charge on any atom is -0.368 e. The number of hydrogen-bond donors (Lipinski definition) is 0. The molecule has 0 aromatic carbocycles. The molecule has 1 saturated heterocycles. The van der Waals surface area contributed by atoms with E-state index in [2.05, 4.69) is 12.5 Å². The highest BCUT2D eigenvalue weighted by Gasteiger charge is 2.27. The number of rotatable bonds is 5. The molecule has 0 radical (unpaired) electrons. The van der Waals surface area contributed by atoms with E-state index >= 15 is 0 Å². The van der Waals surface area contributed by atoms with E-state index in [-0.39, 0.29) is 25.5 Å². The summed E-state index contributed by atoms with van der Waals surface area (Å²) in [5.74, 6) is 1.49. The molecular weight excluding hydrogens is 210 g/mol. The largest absolute Gasteiger partial charge is 0.368 e. The lowest BCUT2D eigenvalue weighted by Gasteiger charge is -2.15. The van der Waals surface area contributed by atoms with Crippen LogP contribution >= 0.6 is 0 Å². The zero-order valence-electron chi connectivity index (χ0n) is 8.90. The van der Waals surface area contributed by atoms with Gasteiger partial charge in [0, 0.05) is 6.42 Å². The third-order valence-electron chi connectivity index (χ3n) is 1.97. The first-order chi connectivity index (χ1) is 7.65. The van der Waals surface area contributed by atoms with Crippen LogP contribution in [0.2, 0.25) is 0 Å². The Morgan fingerprint density at radius 3 is 2.88 bits per heavy atom. The quantitative estimate of drug-likeness (QED) is 0.506. The maximum atomic E-state index is 11.3. The number of terminal acetylenes is 1. The van der Waals surface area contributed by atoms with E-state index in [4.69, 9.17) is 16.0 Å². The lowest BCUT2D eigenvalue weighted by atomic mass is 10.3. The van der Waals surface area contributed by atoms with E-state index in [9.17, 15) is 9.59 Å². The number of hydroxylamine groups is 2.